The van der Waals surface area contributed by atoms with Crippen LogP contribution in [-0.2, 0) is 9.84 Å². The number of anilines is 1. The molecule has 0 saturated carbocycles. The number of nitrogens with zero attached hydrogens (tertiary/aromatic N) is 1. The van der Waals surface area contributed by atoms with Gasteiger partial charge in [-0.2, -0.15) is 0 Å². The second-order valence-electron chi connectivity index (χ2n) is 5.53. The predicted molar refractivity (Wildman–Crippen MR) is 93.6 cm³/mol. The first-order valence-corrected chi connectivity index (χ1v) is 9.38. The first-order valence-electron chi connectivity index (χ1n) is 7.73. The minimum absolute atomic E-state index is 0.0413. The highest BCUT2D eigenvalue weighted by Crippen LogP contribution is 2.16. The molecule has 4 nitrogen and oxygen atoms in total. The van der Waals surface area contributed by atoms with Crippen molar-refractivity contribution >= 4 is 15.5 Å². The van der Waals surface area contributed by atoms with Gasteiger partial charge in [0, 0.05) is 18.8 Å². The van der Waals surface area contributed by atoms with Crippen molar-refractivity contribution in [2.24, 2.45) is 0 Å². The molecule has 2 aromatic carbocycles. The van der Waals surface area contributed by atoms with E-state index in [0.717, 1.165) is 11.3 Å². The summed E-state index contributed by atoms with van der Waals surface area (Å²) in [7, 11) is -3.26. The van der Waals surface area contributed by atoms with Crippen LogP contribution in [0.5, 0.6) is 0 Å². The summed E-state index contributed by atoms with van der Waals surface area (Å²) in [6.07, 6.45) is 0.519. The van der Waals surface area contributed by atoms with Crippen LogP contribution in [0.25, 0.3) is 0 Å². The van der Waals surface area contributed by atoms with Crippen molar-refractivity contribution in [1.29, 1.82) is 0 Å². The van der Waals surface area contributed by atoms with Gasteiger partial charge in [0.15, 0.2) is 9.84 Å². The zero-order valence-electron chi connectivity index (χ0n) is 13.4. The smallest absolute Gasteiger partial charge is 0.178 e. The molecular formula is C18H23NO3S. The number of hydrogen-bond acceptors (Lipinski definition) is 4. The van der Waals surface area contributed by atoms with Crippen molar-refractivity contribution in [3.63, 3.8) is 0 Å². The van der Waals surface area contributed by atoms with Gasteiger partial charge in [-0.3, -0.25) is 0 Å². The van der Waals surface area contributed by atoms with Crippen LogP contribution >= 0.6 is 0 Å². The molecule has 0 aliphatic heterocycles. The molecule has 0 radical (unpaired) electrons. The third-order valence-electron chi connectivity index (χ3n) is 3.71. The highest BCUT2D eigenvalue weighted by Gasteiger charge is 2.15. The van der Waals surface area contributed by atoms with Gasteiger partial charge in [-0.05, 0) is 37.6 Å². The molecule has 0 amide bonds. The van der Waals surface area contributed by atoms with Crippen molar-refractivity contribution in [2.45, 2.75) is 18.2 Å². The van der Waals surface area contributed by atoms with Crippen LogP contribution in [0.15, 0.2) is 59.5 Å². The summed E-state index contributed by atoms with van der Waals surface area (Å²) in [5, 5.41) is 9.20. The summed E-state index contributed by atoms with van der Waals surface area (Å²) in [6.45, 7) is 3.06. The molecule has 1 N–H and O–H groups in total. The molecule has 5 heteroatoms. The van der Waals surface area contributed by atoms with E-state index in [4.69, 9.17) is 0 Å². The maximum atomic E-state index is 12.4. The summed E-state index contributed by atoms with van der Waals surface area (Å²) in [5.41, 5.74) is 2.04. The van der Waals surface area contributed by atoms with E-state index in [1.165, 1.54) is 0 Å². The van der Waals surface area contributed by atoms with E-state index < -0.39 is 9.84 Å². The summed E-state index contributed by atoms with van der Waals surface area (Å²) < 4.78 is 24.7. The minimum atomic E-state index is -3.26. The fourth-order valence-corrected chi connectivity index (χ4v) is 3.73. The molecule has 23 heavy (non-hydrogen) atoms. The predicted octanol–water partition coefficient (Wildman–Crippen LogP) is 2.66. The maximum absolute atomic E-state index is 12.4. The zero-order valence-corrected chi connectivity index (χ0v) is 14.2. The Morgan fingerprint density at radius 2 is 1.61 bits per heavy atom. The molecule has 2 rings (SSSR count). The van der Waals surface area contributed by atoms with Crippen LogP contribution in [0, 0.1) is 6.92 Å². The Hall–Kier alpha value is -1.85. The fraction of sp³-hybridized carbons (Fsp3) is 0.333. The first-order chi connectivity index (χ1) is 11.0. The lowest BCUT2D eigenvalue weighted by Gasteiger charge is -2.23. The average molecular weight is 333 g/mol. The molecule has 0 aliphatic carbocycles. The summed E-state index contributed by atoms with van der Waals surface area (Å²) >= 11 is 0. The number of aryl methyl sites for hydroxylation is 1. The van der Waals surface area contributed by atoms with Gasteiger partial charge in [0.05, 0.1) is 17.3 Å². The van der Waals surface area contributed by atoms with Crippen LogP contribution in [0.3, 0.4) is 0 Å². The summed E-state index contributed by atoms with van der Waals surface area (Å²) in [6, 6.07) is 16.7. The Morgan fingerprint density at radius 1 is 0.957 bits per heavy atom. The van der Waals surface area contributed by atoms with E-state index in [1.807, 2.05) is 54.3 Å². The van der Waals surface area contributed by atoms with E-state index in [1.54, 1.807) is 12.1 Å². The molecule has 0 atom stereocenters. The van der Waals surface area contributed by atoms with Crippen LogP contribution in [0.1, 0.15) is 12.0 Å². The number of benzene rings is 2. The Labute approximate surface area is 138 Å². The van der Waals surface area contributed by atoms with Crippen LogP contribution in [0.2, 0.25) is 0 Å². The zero-order chi connectivity index (χ0) is 16.7. The van der Waals surface area contributed by atoms with E-state index in [-0.39, 0.29) is 12.4 Å². The molecular weight excluding hydrogens is 310 g/mol. The van der Waals surface area contributed by atoms with Gasteiger partial charge < -0.3 is 10.0 Å². The molecule has 0 heterocycles. The van der Waals surface area contributed by atoms with Crippen molar-refractivity contribution in [1.82, 2.24) is 0 Å². The van der Waals surface area contributed by atoms with Crippen molar-refractivity contribution in [3.8, 4) is 0 Å². The van der Waals surface area contributed by atoms with Crippen molar-refractivity contribution < 1.29 is 13.5 Å². The molecule has 0 saturated heterocycles. The third kappa shape index (κ3) is 5.08. The van der Waals surface area contributed by atoms with Crippen molar-refractivity contribution in [3.05, 3.63) is 60.2 Å². The second kappa shape index (κ2) is 8.13. The SMILES string of the molecule is Cc1ccc(S(=O)(=O)CCCN(CCO)c2ccccc2)cc1. The van der Waals surface area contributed by atoms with E-state index in [2.05, 4.69) is 0 Å². The van der Waals surface area contributed by atoms with Gasteiger partial charge in [-0.1, -0.05) is 35.9 Å². The van der Waals surface area contributed by atoms with E-state index in [0.29, 0.717) is 24.4 Å². The monoisotopic (exact) mass is 333 g/mol. The van der Waals surface area contributed by atoms with Crippen molar-refractivity contribution in [2.75, 3.05) is 30.3 Å². The highest BCUT2D eigenvalue weighted by atomic mass is 32.2. The largest absolute Gasteiger partial charge is 0.395 e. The third-order valence-corrected chi connectivity index (χ3v) is 5.53. The number of rotatable bonds is 8. The van der Waals surface area contributed by atoms with E-state index >= 15 is 0 Å². The number of aliphatic hydroxyl groups is 1. The van der Waals surface area contributed by atoms with Gasteiger partial charge in [-0.15, -0.1) is 0 Å². The van der Waals surface area contributed by atoms with Crippen LogP contribution < -0.4 is 4.90 Å². The molecule has 0 aliphatic rings. The Kier molecular flexibility index (Phi) is 6.19. The number of sulfone groups is 1. The molecule has 124 valence electrons. The topological polar surface area (TPSA) is 57.6 Å². The standard InChI is InChI=1S/C18H23NO3S/c1-16-8-10-18(11-9-16)23(21,22)15-5-12-19(13-14-20)17-6-3-2-4-7-17/h2-4,6-11,20H,5,12-15H2,1H3. The number of aliphatic hydroxyl groups excluding tert-OH is 1. The van der Waals surface area contributed by atoms with Crippen LogP contribution in [0.4, 0.5) is 5.69 Å². The summed E-state index contributed by atoms with van der Waals surface area (Å²) in [4.78, 5) is 2.38. The molecule has 0 aromatic heterocycles. The fourth-order valence-electron chi connectivity index (χ4n) is 2.44. The molecule has 0 spiro atoms. The lowest BCUT2D eigenvalue weighted by Crippen LogP contribution is -2.29. The lowest BCUT2D eigenvalue weighted by molar-refractivity contribution is 0.302. The number of hydrogen-bond donors (Lipinski definition) is 1. The first kappa shape index (κ1) is 17.5. The van der Waals surface area contributed by atoms with Crippen LogP contribution in [-0.4, -0.2) is 39.0 Å². The molecule has 2 aromatic rings. The maximum Gasteiger partial charge on any atom is 0.178 e. The van der Waals surface area contributed by atoms with Gasteiger partial charge in [0.2, 0.25) is 0 Å². The quantitative estimate of drug-likeness (QED) is 0.807. The Morgan fingerprint density at radius 3 is 2.22 bits per heavy atom. The normalized spacial score (nSPS) is 11.4. The molecule has 0 fully saturated rings. The Bertz CT molecular complexity index is 697. The van der Waals surface area contributed by atoms with Gasteiger partial charge in [0.25, 0.3) is 0 Å². The molecule has 0 bridgehead atoms. The van der Waals surface area contributed by atoms with Gasteiger partial charge in [-0.25, -0.2) is 8.42 Å². The Balaban J connectivity index is 1.97. The second-order valence-corrected chi connectivity index (χ2v) is 7.64. The van der Waals surface area contributed by atoms with E-state index in [9.17, 15) is 13.5 Å². The number of para-hydroxylation sites is 1. The summed E-state index contributed by atoms with van der Waals surface area (Å²) in [5.74, 6) is 0.102. The molecule has 0 unspecified atom stereocenters. The van der Waals surface area contributed by atoms with Gasteiger partial charge in [0.1, 0.15) is 0 Å². The average Bonchev–Trinajstić information content (AvgIpc) is 2.55. The minimum Gasteiger partial charge on any atom is -0.395 e. The highest BCUT2D eigenvalue weighted by molar-refractivity contribution is 7.91. The van der Waals surface area contributed by atoms with Gasteiger partial charge >= 0.3 is 0 Å². The lowest BCUT2D eigenvalue weighted by atomic mass is 10.2.